The summed E-state index contributed by atoms with van der Waals surface area (Å²) in [5.74, 6) is -1.87. The summed E-state index contributed by atoms with van der Waals surface area (Å²) in [5, 5.41) is 5.54. The summed E-state index contributed by atoms with van der Waals surface area (Å²) in [6, 6.07) is 3.11. The Hall–Kier alpha value is -3.05. The zero-order chi connectivity index (χ0) is 21.1. The van der Waals surface area contributed by atoms with Crippen LogP contribution in [0.4, 0.5) is 26.3 Å². The molecule has 0 saturated heterocycles. The minimum absolute atomic E-state index is 0.213. The van der Waals surface area contributed by atoms with Gasteiger partial charge >= 0.3 is 18.3 Å². The molecular formula is C16H13F6N3O3. The lowest BCUT2D eigenvalue weighted by molar-refractivity contribution is -0.143. The quantitative estimate of drug-likeness (QED) is 0.608. The van der Waals surface area contributed by atoms with Crippen molar-refractivity contribution in [3.63, 3.8) is 0 Å². The third kappa shape index (κ3) is 4.81. The molecule has 1 heterocycles. The number of carbonyl (C=O) groups is 2. The second-order valence-corrected chi connectivity index (χ2v) is 5.45. The van der Waals surface area contributed by atoms with Gasteiger partial charge in [0.1, 0.15) is 0 Å². The number of halogens is 6. The molecular weight excluding hydrogens is 396 g/mol. The molecule has 0 radical (unpaired) electrons. The highest BCUT2D eigenvalue weighted by molar-refractivity contribution is 5.95. The lowest BCUT2D eigenvalue weighted by atomic mass is 10.1. The van der Waals surface area contributed by atoms with Crippen molar-refractivity contribution in [1.29, 1.82) is 0 Å². The van der Waals surface area contributed by atoms with Crippen molar-refractivity contribution >= 4 is 11.9 Å². The van der Waals surface area contributed by atoms with Crippen LogP contribution in [0, 0.1) is 0 Å². The molecule has 0 unspecified atom stereocenters. The first-order chi connectivity index (χ1) is 12.9. The highest BCUT2D eigenvalue weighted by atomic mass is 19.4. The van der Waals surface area contributed by atoms with Gasteiger partial charge in [-0.25, -0.2) is 4.68 Å². The molecule has 2 aromatic rings. The molecule has 0 fully saturated rings. The van der Waals surface area contributed by atoms with Crippen molar-refractivity contribution in [2.75, 3.05) is 13.7 Å². The Morgan fingerprint density at radius 1 is 1.14 bits per heavy atom. The van der Waals surface area contributed by atoms with E-state index in [1.807, 2.05) is 0 Å². The van der Waals surface area contributed by atoms with Crippen LogP contribution in [0.3, 0.4) is 0 Å². The number of nitrogens with one attached hydrogen (secondary N) is 1. The van der Waals surface area contributed by atoms with Crippen molar-refractivity contribution in [2.45, 2.75) is 18.8 Å². The lowest BCUT2D eigenvalue weighted by Gasteiger charge is -2.14. The molecule has 0 bridgehead atoms. The molecule has 0 spiro atoms. The van der Waals surface area contributed by atoms with Gasteiger partial charge in [-0.15, -0.1) is 0 Å². The zero-order valence-electron chi connectivity index (χ0n) is 14.2. The molecule has 2 rings (SSSR count). The van der Waals surface area contributed by atoms with Gasteiger partial charge in [-0.05, 0) is 18.2 Å². The summed E-state index contributed by atoms with van der Waals surface area (Å²) >= 11 is 0. The smallest absolute Gasteiger partial charge is 0.434 e. The van der Waals surface area contributed by atoms with Gasteiger partial charge in [-0.3, -0.25) is 9.59 Å². The number of esters is 1. The molecule has 1 amide bonds. The Morgan fingerprint density at radius 2 is 1.82 bits per heavy atom. The lowest BCUT2D eigenvalue weighted by Crippen LogP contribution is -2.28. The topological polar surface area (TPSA) is 73.2 Å². The van der Waals surface area contributed by atoms with Gasteiger partial charge in [0.05, 0.1) is 36.5 Å². The molecule has 0 atom stereocenters. The van der Waals surface area contributed by atoms with Crippen LogP contribution in [0.25, 0.3) is 5.69 Å². The minimum Gasteiger partial charge on any atom is -0.469 e. The van der Waals surface area contributed by atoms with Crippen molar-refractivity contribution < 1.29 is 40.7 Å². The second kappa shape index (κ2) is 7.90. The molecule has 12 heteroatoms. The summed E-state index contributed by atoms with van der Waals surface area (Å²) in [6.45, 7) is -0.294. The summed E-state index contributed by atoms with van der Waals surface area (Å²) < 4.78 is 83.5. The summed E-state index contributed by atoms with van der Waals surface area (Å²) in [6.07, 6.45) is -9.53. The molecule has 0 saturated carbocycles. The Morgan fingerprint density at radius 3 is 2.39 bits per heavy atom. The maximum absolute atomic E-state index is 13.5. The average Bonchev–Trinajstić information content (AvgIpc) is 3.06. The molecule has 6 nitrogen and oxygen atoms in total. The predicted octanol–water partition coefficient (Wildman–Crippen LogP) is 3.20. The van der Waals surface area contributed by atoms with Crippen LogP contribution >= 0.6 is 0 Å². The van der Waals surface area contributed by atoms with E-state index in [-0.39, 0.29) is 17.6 Å². The van der Waals surface area contributed by atoms with Gasteiger partial charge in [0.15, 0.2) is 5.69 Å². The number of benzene rings is 1. The van der Waals surface area contributed by atoms with E-state index in [9.17, 15) is 35.9 Å². The first-order valence-electron chi connectivity index (χ1n) is 7.63. The number of carbonyl (C=O) groups excluding carboxylic acids is 2. The van der Waals surface area contributed by atoms with Crippen LogP contribution in [-0.2, 0) is 21.9 Å². The number of amides is 1. The van der Waals surface area contributed by atoms with Crippen molar-refractivity contribution in [2.24, 2.45) is 0 Å². The molecule has 1 aromatic heterocycles. The van der Waals surface area contributed by atoms with Crippen LogP contribution < -0.4 is 5.32 Å². The molecule has 0 aliphatic rings. The molecule has 28 heavy (non-hydrogen) atoms. The Labute approximate surface area is 154 Å². The fraction of sp³-hybridized carbons (Fsp3) is 0.312. The van der Waals surface area contributed by atoms with E-state index < -0.39 is 46.7 Å². The highest BCUT2D eigenvalue weighted by Gasteiger charge is 2.41. The molecule has 0 aliphatic heterocycles. The van der Waals surface area contributed by atoms with Crippen LogP contribution in [0.15, 0.2) is 30.5 Å². The third-order valence-corrected chi connectivity index (χ3v) is 3.54. The molecule has 1 N–H and O–H groups in total. The van der Waals surface area contributed by atoms with E-state index >= 15 is 0 Å². The van der Waals surface area contributed by atoms with E-state index in [2.05, 4.69) is 15.2 Å². The monoisotopic (exact) mass is 409 g/mol. The average molecular weight is 409 g/mol. The fourth-order valence-corrected chi connectivity index (χ4v) is 2.27. The van der Waals surface area contributed by atoms with Crippen LogP contribution in [0.5, 0.6) is 0 Å². The number of aromatic nitrogens is 2. The maximum Gasteiger partial charge on any atom is 0.434 e. The number of alkyl halides is 6. The highest BCUT2D eigenvalue weighted by Crippen LogP contribution is 2.35. The number of nitrogens with zero attached hydrogens (tertiary/aromatic N) is 2. The number of hydrogen-bond donors (Lipinski definition) is 1. The maximum atomic E-state index is 13.5. The predicted molar refractivity (Wildman–Crippen MR) is 82.5 cm³/mol. The van der Waals surface area contributed by atoms with Gasteiger partial charge < -0.3 is 10.1 Å². The van der Waals surface area contributed by atoms with Gasteiger partial charge in [0.2, 0.25) is 0 Å². The SMILES string of the molecule is COC(=O)CCNC(=O)c1cnn(-c2cccc(C(F)(F)F)c2)c1C(F)(F)F. The summed E-state index contributed by atoms with van der Waals surface area (Å²) in [7, 11) is 1.10. The van der Waals surface area contributed by atoms with E-state index in [1.165, 1.54) is 0 Å². The largest absolute Gasteiger partial charge is 0.469 e. The van der Waals surface area contributed by atoms with Gasteiger partial charge in [0.25, 0.3) is 5.91 Å². The Bertz CT molecular complexity index is 873. The number of hydrogen-bond acceptors (Lipinski definition) is 4. The number of rotatable bonds is 5. The molecule has 152 valence electrons. The summed E-state index contributed by atoms with van der Waals surface area (Å²) in [5.41, 5.74) is -4.12. The number of ether oxygens (including phenoxy) is 1. The number of methoxy groups -OCH3 is 1. The third-order valence-electron chi connectivity index (χ3n) is 3.54. The van der Waals surface area contributed by atoms with E-state index in [1.54, 1.807) is 0 Å². The van der Waals surface area contributed by atoms with Gasteiger partial charge in [-0.2, -0.15) is 31.4 Å². The van der Waals surface area contributed by atoms with E-state index in [0.29, 0.717) is 18.3 Å². The van der Waals surface area contributed by atoms with Gasteiger partial charge in [-0.1, -0.05) is 6.07 Å². The zero-order valence-corrected chi connectivity index (χ0v) is 14.2. The molecule has 0 aliphatic carbocycles. The van der Waals surface area contributed by atoms with E-state index in [0.717, 1.165) is 19.2 Å². The molecule has 1 aromatic carbocycles. The summed E-state index contributed by atoms with van der Waals surface area (Å²) in [4.78, 5) is 23.1. The first kappa shape index (κ1) is 21.3. The van der Waals surface area contributed by atoms with Gasteiger partial charge in [0, 0.05) is 6.54 Å². The van der Waals surface area contributed by atoms with Crippen LogP contribution in [-0.4, -0.2) is 35.3 Å². The Kier molecular flexibility index (Phi) is 6.00. The van der Waals surface area contributed by atoms with Crippen LogP contribution in [0.2, 0.25) is 0 Å². The minimum atomic E-state index is -5.08. The van der Waals surface area contributed by atoms with Crippen LogP contribution in [0.1, 0.15) is 28.0 Å². The normalized spacial score (nSPS) is 12.0. The second-order valence-electron chi connectivity index (χ2n) is 5.45. The standard InChI is InChI=1S/C16H13F6N3O3/c1-28-12(26)5-6-23-14(27)11-8-24-25(13(11)16(20,21)22)10-4-2-3-9(7-10)15(17,18)19/h2-4,7-8H,5-6H2,1H3,(H,23,27). The first-order valence-corrected chi connectivity index (χ1v) is 7.63. The fourth-order valence-electron chi connectivity index (χ4n) is 2.27. The van der Waals surface area contributed by atoms with Crippen molar-refractivity contribution in [3.8, 4) is 5.69 Å². The van der Waals surface area contributed by atoms with Crippen molar-refractivity contribution in [3.05, 3.63) is 47.3 Å². The van der Waals surface area contributed by atoms with Crippen molar-refractivity contribution in [1.82, 2.24) is 15.1 Å². The van der Waals surface area contributed by atoms with E-state index in [4.69, 9.17) is 0 Å². The Balaban J connectivity index is 2.41.